The topological polar surface area (TPSA) is 35.8 Å². The SMILES string of the molecule is CC1(C)C2Cc3cc(C#N)ccc3[C@]1(C)CCN2. The summed E-state index contributed by atoms with van der Waals surface area (Å²) in [5.41, 5.74) is 4.11. The van der Waals surface area contributed by atoms with Crippen molar-refractivity contribution in [3.63, 3.8) is 0 Å². The fourth-order valence-corrected chi connectivity index (χ4v) is 3.86. The Bertz CT molecular complexity index is 539. The number of hydrogen-bond acceptors (Lipinski definition) is 2. The average Bonchev–Trinajstić information content (AvgIpc) is 2.33. The molecule has 18 heavy (non-hydrogen) atoms. The van der Waals surface area contributed by atoms with E-state index in [1.165, 1.54) is 17.5 Å². The van der Waals surface area contributed by atoms with Gasteiger partial charge in [0.2, 0.25) is 0 Å². The van der Waals surface area contributed by atoms with Crippen LogP contribution < -0.4 is 5.32 Å². The summed E-state index contributed by atoms with van der Waals surface area (Å²) in [6, 6.07) is 9.03. The van der Waals surface area contributed by atoms with Crippen LogP contribution in [0.4, 0.5) is 0 Å². The summed E-state index contributed by atoms with van der Waals surface area (Å²) in [6.07, 6.45) is 2.23. The first-order valence-corrected chi connectivity index (χ1v) is 6.76. The van der Waals surface area contributed by atoms with E-state index in [1.807, 2.05) is 6.07 Å². The zero-order chi connectivity index (χ0) is 13.0. The van der Waals surface area contributed by atoms with Crippen molar-refractivity contribution in [1.29, 1.82) is 5.26 Å². The minimum Gasteiger partial charge on any atom is -0.313 e. The number of piperidine rings is 1. The van der Waals surface area contributed by atoms with Crippen LogP contribution in [0.1, 0.15) is 43.9 Å². The van der Waals surface area contributed by atoms with E-state index in [4.69, 9.17) is 5.26 Å². The third-order valence-corrected chi connectivity index (χ3v) is 5.56. The number of benzene rings is 1. The highest BCUT2D eigenvalue weighted by molar-refractivity contribution is 5.46. The van der Waals surface area contributed by atoms with Gasteiger partial charge in [-0.25, -0.2) is 0 Å². The van der Waals surface area contributed by atoms with E-state index in [0.29, 0.717) is 6.04 Å². The van der Waals surface area contributed by atoms with E-state index in [9.17, 15) is 0 Å². The molecule has 94 valence electrons. The Hall–Kier alpha value is -1.33. The molecule has 2 aliphatic rings. The van der Waals surface area contributed by atoms with Crippen molar-refractivity contribution in [2.24, 2.45) is 5.41 Å². The lowest BCUT2D eigenvalue weighted by Crippen LogP contribution is -2.62. The first-order valence-electron chi connectivity index (χ1n) is 6.76. The van der Waals surface area contributed by atoms with Crippen LogP contribution in [-0.4, -0.2) is 12.6 Å². The summed E-state index contributed by atoms with van der Waals surface area (Å²) in [5, 5.41) is 12.7. The number of nitrogens with one attached hydrogen (secondary N) is 1. The van der Waals surface area contributed by atoms with Gasteiger partial charge < -0.3 is 5.32 Å². The van der Waals surface area contributed by atoms with Crippen molar-refractivity contribution < 1.29 is 0 Å². The molecule has 1 aromatic carbocycles. The summed E-state index contributed by atoms with van der Waals surface area (Å²) in [7, 11) is 0. The lowest BCUT2D eigenvalue weighted by molar-refractivity contribution is 0.0559. The predicted molar refractivity (Wildman–Crippen MR) is 72.4 cm³/mol. The second-order valence-electron chi connectivity index (χ2n) is 6.50. The maximum absolute atomic E-state index is 9.04. The number of nitriles is 1. The molecule has 2 heteroatoms. The van der Waals surface area contributed by atoms with Crippen LogP contribution in [0.5, 0.6) is 0 Å². The third-order valence-electron chi connectivity index (χ3n) is 5.56. The molecule has 1 heterocycles. The van der Waals surface area contributed by atoms with E-state index in [-0.39, 0.29) is 10.8 Å². The molecule has 2 nitrogen and oxygen atoms in total. The predicted octanol–water partition coefficient (Wildman–Crippen LogP) is 2.76. The molecule has 1 saturated heterocycles. The van der Waals surface area contributed by atoms with E-state index < -0.39 is 0 Å². The summed E-state index contributed by atoms with van der Waals surface area (Å²) in [4.78, 5) is 0. The van der Waals surface area contributed by atoms with Crippen LogP contribution in [0.3, 0.4) is 0 Å². The molecule has 0 saturated carbocycles. The highest BCUT2D eigenvalue weighted by atomic mass is 15.0. The van der Waals surface area contributed by atoms with Crippen LogP contribution in [0, 0.1) is 16.7 Å². The number of nitrogens with zero attached hydrogens (tertiary/aromatic N) is 1. The van der Waals surface area contributed by atoms with E-state index in [1.54, 1.807) is 0 Å². The maximum atomic E-state index is 9.04. The molecule has 0 amide bonds. The molecule has 0 aromatic heterocycles. The first kappa shape index (κ1) is 11.7. The summed E-state index contributed by atoms with van der Waals surface area (Å²) >= 11 is 0. The second kappa shape index (κ2) is 3.59. The zero-order valence-corrected chi connectivity index (χ0v) is 11.4. The van der Waals surface area contributed by atoms with Gasteiger partial charge in [-0.3, -0.25) is 0 Å². The lowest BCUT2D eigenvalue weighted by Gasteiger charge is -2.57. The number of hydrogen-bond donors (Lipinski definition) is 1. The largest absolute Gasteiger partial charge is 0.313 e. The van der Waals surface area contributed by atoms with Gasteiger partial charge >= 0.3 is 0 Å². The van der Waals surface area contributed by atoms with Gasteiger partial charge in [-0.1, -0.05) is 26.8 Å². The van der Waals surface area contributed by atoms with Gasteiger partial charge in [0, 0.05) is 11.5 Å². The molecule has 1 aliphatic carbocycles. The summed E-state index contributed by atoms with van der Waals surface area (Å²) in [5.74, 6) is 0. The van der Waals surface area contributed by atoms with Crippen molar-refractivity contribution in [3.05, 3.63) is 34.9 Å². The average molecular weight is 240 g/mol. The molecular weight excluding hydrogens is 220 g/mol. The van der Waals surface area contributed by atoms with Crippen LogP contribution in [0.15, 0.2) is 18.2 Å². The fraction of sp³-hybridized carbons (Fsp3) is 0.562. The summed E-state index contributed by atoms with van der Waals surface area (Å²) < 4.78 is 0. The molecule has 2 bridgehead atoms. The second-order valence-corrected chi connectivity index (χ2v) is 6.50. The Balaban J connectivity index is 2.21. The van der Waals surface area contributed by atoms with Crippen LogP contribution in [0.2, 0.25) is 0 Å². The van der Waals surface area contributed by atoms with Gasteiger partial charge in [0.25, 0.3) is 0 Å². The van der Waals surface area contributed by atoms with Gasteiger partial charge in [0.05, 0.1) is 11.6 Å². The molecule has 1 aromatic rings. The van der Waals surface area contributed by atoms with Gasteiger partial charge in [0.15, 0.2) is 0 Å². The van der Waals surface area contributed by atoms with Gasteiger partial charge in [-0.2, -0.15) is 5.26 Å². The Labute approximate surface area is 109 Å². The molecule has 2 atom stereocenters. The molecule has 0 spiro atoms. The number of rotatable bonds is 0. The van der Waals surface area contributed by atoms with Crippen LogP contribution in [-0.2, 0) is 11.8 Å². The monoisotopic (exact) mass is 240 g/mol. The van der Waals surface area contributed by atoms with E-state index >= 15 is 0 Å². The van der Waals surface area contributed by atoms with Crippen molar-refractivity contribution in [2.75, 3.05) is 6.54 Å². The highest BCUT2D eigenvalue weighted by Gasteiger charge is 2.53. The van der Waals surface area contributed by atoms with Gasteiger partial charge in [-0.15, -0.1) is 0 Å². The van der Waals surface area contributed by atoms with Crippen molar-refractivity contribution in [2.45, 2.75) is 45.1 Å². The zero-order valence-electron chi connectivity index (χ0n) is 11.4. The van der Waals surface area contributed by atoms with Crippen LogP contribution >= 0.6 is 0 Å². The van der Waals surface area contributed by atoms with Gasteiger partial charge in [-0.05, 0) is 48.1 Å². The van der Waals surface area contributed by atoms with Crippen molar-refractivity contribution >= 4 is 0 Å². The minimum absolute atomic E-state index is 0.227. The molecule has 1 N–H and O–H groups in total. The third kappa shape index (κ3) is 1.31. The Morgan fingerprint density at radius 1 is 1.33 bits per heavy atom. The molecular formula is C16H20N2. The smallest absolute Gasteiger partial charge is 0.0991 e. The summed E-state index contributed by atoms with van der Waals surface area (Å²) in [6.45, 7) is 8.25. The molecule has 1 aliphatic heterocycles. The quantitative estimate of drug-likeness (QED) is 0.757. The Morgan fingerprint density at radius 2 is 2.11 bits per heavy atom. The van der Waals surface area contributed by atoms with Crippen molar-refractivity contribution in [3.8, 4) is 6.07 Å². The van der Waals surface area contributed by atoms with E-state index in [0.717, 1.165) is 18.5 Å². The van der Waals surface area contributed by atoms with Crippen molar-refractivity contribution in [1.82, 2.24) is 5.32 Å². The highest BCUT2D eigenvalue weighted by Crippen LogP contribution is 2.53. The Kier molecular flexibility index (Phi) is 2.34. The molecule has 0 radical (unpaired) electrons. The van der Waals surface area contributed by atoms with E-state index in [2.05, 4.69) is 44.3 Å². The maximum Gasteiger partial charge on any atom is 0.0991 e. The molecule has 3 rings (SSSR count). The minimum atomic E-state index is 0.227. The normalized spacial score (nSPS) is 32.4. The fourth-order valence-electron chi connectivity index (χ4n) is 3.86. The molecule has 1 fully saturated rings. The first-order chi connectivity index (χ1) is 8.49. The molecule has 1 unspecified atom stereocenters. The van der Waals surface area contributed by atoms with Crippen LogP contribution in [0.25, 0.3) is 0 Å². The number of fused-ring (bicyclic) bond motifs is 4. The lowest BCUT2D eigenvalue weighted by atomic mass is 9.51. The van der Waals surface area contributed by atoms with Gasteiger partial charge in [0.1, 0.15) is 0 Å². The Morgan fingerprint density at radius 3 is 2.83 bits per heavy atom. The standard InChI is InChI=1S/C16H20N2/c1-15(2)14-9-12-8-11(10-17)4-5-13(12)16(15,3)6-7-18-14/h4-5,8,14,18H,6-7,9H2,1-3H3/t14?,16-/m0/s1.